The molecule has 170 valence electrons. The molecule has 1 N–H and O–H groups in total. The van der Waals surface area contributed by atoms with Crippen molar-refractivity contribution in [3.63, 3.8) is 0 Å². The van der Waals surface area contributed by atoms with Gasteiger partial charge in [-0.3, -0.25) is 4.79 Å². The number of nitrogens with one attached hydrogen (secondary N) is 1. The predicted molar refractivity (Wildman–Crippen MR) is 128 cm³/mol. The second-order valence-electron chi connectivity index (χ2n) is 10.0. The Balaban J connectivity index is 1.67. The van der Waals surface area contributed by atoms with Crippen molar-refractivity contribution in [3.8, 4) is 0 Å². The number of hydrogen-bond acceptors (Lipinski definition) is 7. The van der Waals surface area contributed by atoms with Gasteiger partial charge in [0.15, 0.2) is 11.9 Å². The highest BCUT2D eigenvalue weighted by Gasteiger charge is 2.53. The second kappa shape index (κ2) is 7.61. The summed E-state index contributed by atoms with van der Waals surface area (Å²) in [6.07, 6.45) is 5.50. The van der Waals surface area contributed by atoms with E-state index in [-0.39, 0.29) is 17.4 Å². The number of aromatic nitrogens is 2. The van der Waals surface area contributed by atoms with Gasteiger partial charge in [-0.1, -0.05) is 32.9 Å². The maximum atomic E-state index is 13.6. The minimum absolute atomic E-state index is 0.0794. The van der Waals surface area contributed by atoms with Crippen molar-refractivity contribution in [2.45, 2.75) is 58.5 Å². The summed E-state index contributed by atoms with van der Waals surface area (Å²) < 4.78 is 0. The van der Waals surface area contributed by atoms with E-state index in [1.807, 2.05) is 37.2 Å². The van der Waals surface area contributed by atoms with E-state index in [4.69, 9.17) is 0 Å². The van der Waals surface area contributed by atoms with Gasteiger partial charge >= 0.3 is 0 Å². The molecule has 3 aliphatic rings. The van der Waals surface area contributed by atoms with Crippen LogP contribution >= 0.6 is 0 Å². The van der Waals surface area contributed by atoms with Gasteiger partial charge in [0.1, 0.15) is 0 Å². The van der Waals surface area contributed by atoms with Crippen LogP contribution in [0.15, 0.2) is 69.8 Å². The summed E-state index contributed by atoms with van der Waals surface area (Å²) >= 11 is 0. The number of azo groups is 1. The predicted octanol–water partition coefficient (Wildman–Crippen LogP) is 5.12. The summed E-state index contributed by atoms with van der Waals surface area (Å²) in [6, 6.07) is 10.3. The zero-order chi connectivity index (χ0) is 23.4. The molecule has 2 aromatic rings. The maximum absolute atomic E-state index is 13.6. The Morgan fingerprint density at radius 2 is 2.03 bits per heavy atom. The molecule has 0 amide bonds. The lowest BCUT2D eigenvalue weighted by molar-refractivity contribution is -0.119. The zero-order valence-electron chi connectivity index (χ0n) is 19.9. The number of nitrogens with zero attached hydrogens (tertiary/aromatic N) is 5. The minimum atomic E-state index is -0.563. The van der Waals surface area contributed by atoms with E-state index >= 15 is 0 Å². The summed E-state index contributed by atoms with van der Waals surface area (Å²) in [5.41, 5.74) is 5.26. The standard InChI is InChI=1S/C26H30N6O/c1-6-26(17-8-7-9-18(12-17)32(5)24-27-11-10-16(2)29-24)19-15-28-31-23(19)30-20-13-25(3,4)14-21(33)22(20)26/h7-12,15,23,30H,6,13-14H2,1-5H3. The van der Waals surface area contributed by atoms with Crippen molar-refractivity contribution in [2.75, 3.05) is 11.9 Å². The van der Waals surface area contributed by atoms with Crippen LogP contribution in [0, 0.1) is 12.3 Å². The van der Waals surface area contributed by atoms with Crippen LogP contribution in [-0.4, -0.2) is 29.0 Å². The Morgan fingerprint density at radius 1 is 1.21 bits per heavy atom. The largest absolute Gasteiger partial charge is 0.362 e. The molecule has 7 nitrogen and oxygen atoms in total. The van der Waals surface area contributed by atoms with Crippen LogP contribution in [-0.2, 0) is 10.2 Å². The number of carbonyl (C=O) groups is 1. The third-order valence-electron chi connectivity index (χ3n) is 7.12. The molecule has 2 aliphatic heterocycles. The fourth-order valence-electron chi connectivity index (χ4n) is 5.58. The van der Waals surface area contributed by atoms with Gasteiger partial charge in [0.25, 0.3) is 0 Å². The first kappa shape index (κ1) is 21.5. The van der Waals surface area contributed by atoms with Gasteiger partial charge in [0, 0.05) is 47.9 Å². The fourth-order valence-corrected chi connectivity index (χ4v) is 5.58. The maximum Gasteiger partial charge on any atom is 0.229 e. The van der Waals surface area contributed by atoms with Crippen molar-refractivity contribution >= 4 is 17.4 Å². The van der Waals surface area contributed by atoms with Crippen molar-refractivity contribution in [1.29, 1.82) is 0 Å². The van der Waals surface area contributed by atoms with Crippen molar-refractivity contribution in [3.05, 3.63) is 70.8 Å². The Hall–Kier alpha value is -3.35. The molecule has 0 bridgehead atoms. The molecular weight excluding hydrogens is 412 g/mol. The monoisotopic (exact) mass is 442 g/mol. The molecule has 2 unspecified atom stereocenters. The number of Topliss-reactive ketones (excluding diaryl/α,β-unsaturated/α-hetero) is 1. The van der Waals surface area contributed by atoms with E-state index in [1.54, 1.807) is 6.20 Å². The molecule has 1 aromatic heterocycles. The van der Waals surface area contributed by atoms with E-state index < -0.39 is 5.41 Å². The Kier molecular flexibility index (Phi) is 4.96. The van der Waals surface area contributed by atoms with Crippen molar-refractivity contribution in [2.24, 2.45) is 15.6 Å². The third kappa shape index (κ3) is 3.37. The first-order chi connectivity index (χ1) is 15.7. The number of anilines is 2. The number of carbonyl (C=O) groups excluding carboxylic acids is 1. The molecule has 0 radical (unpaired) electrons. The van der Waals surface area contributed by atoms with Crippen LogP contribution in [0.5, 0.6) is 0 Å². The van der Waals surface area contributed by atoms with Crippen LogP contribution in [0.1, 0.15) is 51.3 Å². The number of allylic oxidation sites excluding steroid dienone is 2. The van der Waals surface area contributed by atoms with Crippen LogP contribution in [0.2, 0.25) is 0 Å². The second-order valence-corrected chi connectivity index (χ2v) is 10.0. The van der Waals surface area contributed by atoms with Gasteiger partial charge in [-0.05, 0) is 48.9 Å². The quantitative estimate of drug-likeness (QED) is 0.710. The fraction of sp³-hybridized carbons (Fsp3) is 0.423. The Morgan fingerprint density at radius 3 is 2.79 bits per heavy atom. The Bertz CT molecular complexity index is 1230. The number of aryl methyl sites for hydroxylation is 1. The van der Waals surface area contributed by atoms with Crippen LogP contribution in [0.25, 0.3) is 0 Å². The van der Waals surface area contributed by atoms with Crippen molar-refractivity contribution < 1.29 is 4.79 Å². The van der Waals surface area contributed by atoms with Gasteiger partial charge in [-0.2, -0.15) is 10.2 Å². The highest BCUT2D eigenvalue weighted by atomic mass is 16.1. The molecule has 2 atom stereocenters. The number of hydrogen-bond donors (Lipinski definition) is 1. The highest BCUT2D eigenvalue weighted by Crippen LogP contribution is 2.54. The van der Waals surface area contributed by atoms with E-state index in [2.05, 4.69) is 64.5 Å². The molecule has 1 aliphatic carbocycles. The average molecular weight is 443 g/mol. The van der Waals surface area contributed by atoms with Crippen LogP contribution in [0.3, 0.4) is 0 Å². The van der Waals surface area contributed by atoms with Crippen molar-refractivity contribution in [1.82, 2.24) is 15.3 Å². The van der Waals surface area contributed by atoms with E-state index in [1.165, 1.54) is 0 Å². The SMILES string of the molecule is CCC1(c2cccc(N(C)c3nccc(C)n3)c2)C2=CN=NC2NC2=C1C(=O)CC(C)(C)C2. The first-order valence-electron chi connectivity index (χ1n) is 11.5. The number of benzene rings is 1. The summed E-state index contributed by atoms with van der Waals surface area (Å²) in [7, 11) is 1.97. The smallest absolute Gasteiger partial charge is 0.229 e. The van der Waals surface area contributed by atoms with Crippen LogP contribution in [0.4, 0.5) is 11.6 Å². The molecule has 33 heavy (non-hydrogen) atoms. The molecule has 0 saturated carbocycles. The lowest BCUT2D eigenvalue weighted by atomic mass is 9.59. The van der Waals surface area contributed by atoms with Crippen LogP contribution < -0.4 is 10.2 Å². The topological polar surface area (TPSA) is 82.8 Å². The molecule has 5 rings (SSSR count). The Labute approximate surface area is 194 Å². The molecule has 0 fully saturated rings. The molecule has 0 saturated heterocycles. The molecule has 1 aromatic carbocycles. The molecule has 3 heterocycles. The summed E-state index contributed by atoms with van der Waals surface area (Å²) in [5, 5.41) is 12.2. The minimum Gasteiger partial charge on any atom is -0.362 e. The number of rotatable bonds is 4. The molecular formula is C26H30N6O. The van der Waals surface area contributed by atoms with Gasteiger partial charge in [-0.15, -0.1) is 0 Å². The normalized spacial score (nSPS) is 25.3. The first-order valence-corrected chi connectivity index (χ1v) is 11.5. The zero-order valence-corrected chi connectivity index (χ0v) is 19.9. The highest BCUT2D eigenvalue weighted by molar-refractivity contribution is 6.01. The number of ketones is 1. The average Bonchev–Trinajstić information content (AvgIpc) is 3.25. The molecule has 0 spiro atoms. The van der Waals surface area contributed by atoms with E-state index in [0.29, 0.717) is 12.4 Å². The third-order valence-corrected chi connectivity index (χ3v) is 7.12. The lowest BCUT2D eigenvalue weighted by Gasteiger charge is -2.48. The molecule has 7 heteroatoms. The van der Waals surface area contributed by atoms with Gasteiger partial charge in [0.05, 0.1) is 11.6 Å². The summed E-state index contributed by atoms with van der Waals surface area (Å²) in [5.74, 6) is 0.851. The van der Waals surface area contributed by atoms with Gasteiger partial charge in [0.2, 0.25) is 5.95 Å². The summed E-state index contributed by atoms with van der Waals surface area (Å²) in [4.78, 5) is 24.6. The lowest BCUT2D eigenvalue weighted by Crippen LogP contribution is -2.51. The van der Waals surface area contributed by atoms with E-state index in [9.17, 15) is 4.79 Å². The van der Waals surface area contributed by atoms with E-state index in [0.717, 1.165) is 46.6 Å². The number of fused-ring (bicyclic) bond motifs is 1. The summed E-state index contributed by atoms with van der Waals surface area (Å²) in [6.45, 7) is 8.42. The van der Waals surface area contributed by atoms with Gasteiger partial charge < -0.3 is 10.2 Å². The van der Waals surface area contributed by atoms with Gasteiger partial charge in [-0.25, -0.2) is 9.97 Å².